The summed E-state index contributed by atoms with van der Waals surface area (Å²) >= 11 is 0. The first-order valence-corrected chi connectivity index (χ1v) is 2.35. The summed E-state index contributed by atoms with van der Waals surface area (Å²) in [5.41, 5.74) is 1.67. The largest absolute Gasteiger partial charge is 0.0985 e. The van der Waals surface area contributed by atoms with E-state index in [1.54, 1.807) is 12.2 Å². The molecule has 0 aromatic rings. The van der Waals surface area contributed by atoms with Crippen molar-refractivity contribution >= 4 is 0 Å². The molecule has 0 radical (unpaired) electrons. The Morgan fingerprint density at radius 2 is 1.12 bits per heavy atom. The highest BCUT2D eigenvalue weighted by molar-refractivity contribution is 5.40. The van der Waals surface area contributed by atoms with Crippen LogP contribution in [0.4, 0.5) is 0 Å². The molecule has 0 fully saturated rings. The van der Waals surface area contributed by atoms with E-state index in [0.29, 0.717) is 0 Å². The first-order valence-electron chi connectivity index (χ1n) is 2.35. The fourth-order valence-electron chi connectivity index (χ4n) is 0.262. The molecule has 0 saturated heterocycles. The van der Waals surface area contributed by atoms with E-state index in [1.807, 2.05) is 0 Å². The summed E-state index contributed by atoms with van der Waals surface area (Å²) in [6.45, 7) is 14.4. The van der Waals surface area contributed by atoms with Gasteiger partial charge >= 0.3 is 0 Å². The van der Waals surface area contributed by atoms with Crippen molar-refractivity contribution in [1.82, 2.24) is 0 Å². The van der Waals surface area contributed by atoms with Crippen molar-refractivity contribution in [3.05, 3.63) is 49.6 Å². The average molecular weight is 106 g/mol. The highest BCUT2D eigenvalue weighted by Gasteiger charge is 1.84. The topological polar surface area (TPSA) is 0 Å². The van der Waals surface area contributed by atoms with Crippen LogP contribution in [0.5, 0.6) is 0 Å². The van der Waals surface area contributed by atoms with Gasteiger partial charge in [-0.3, -0.25) is 0 Å². The van der Waals surface area contributed by atoms with Gasteiger partial charge in [-0.05, 0) is 11.1 Å². The quantitative estimate of drug-likeness (QED) is 0.485. The van der Waals surface area contributed by atoms with E-state index in [4.69, 9.17) is 0 Å². The Morgan fingerprint density at radius 3 is 1.25 bits per heavy atom. The standard InChI is InChI=1S/C8H10/c1-5-7(3)8(4)6-2/h5-6H,1-4H2. The predicted molar refractivity (Wildman–Crippen MR) is 38.7 cm³/mol. The smallest absolute Gasteiger partial charge is 0.0268 e. The Hall–Kier alpha value is -1.04. The summed E-state index contributed by atoms with van der Waals surface area (Å²) in [4.78, 5) is 0. The second kappa shape index (κ2) is 3.03. The SMILES string of the molecule is C=CC(=C)C(=C)C=C. The number of hydrogen-bond donors (Lipinski definition) is 0. The van der Waals surface area contributed by atoms with E-state index >= 15 is 0 Å². The Bertz CT molecular complexity index is 120. The molecular weight excluding hydrogens is 96.1 g/mol. The maximum Gasteiger partial charge on any atom is -0.0268 e. The molecule has 0 aliphatic rings. The lowest BCUT2D eigenvalue weighted by Crippen LogP contribution is -1.73. The first kappa shape index (κ1) is 6.96. The van der Waals surface area contributed by atoms with Crippen molar-refractivity contribution < 1.29 is 0 Å². The van der Waals surface area contributed by atoms with E-state index in [9.17, 15) is 0 Å². The zero-order chi connectivity index (χ0) is 6.57. The van der Waals surface area contributed by atoms with E-state index in [1.165, 1.54) is 0 Å². The second-order valence-electron chi connectivity index (χ2n) is 1.46. The average Bonchev–Trinajstić information content (AvgIpc) is 1.84. The van der Waals surface area contributed by atoms with Gasteiger partial charge in [0, 0.05) is 0 Å². The van der Waals surface area contributed by atoms with Crippen LogP contribution >= 0.6 is 0 Å². The van der Waals surface area contributed by atoms with Gasteiger partial charge in [-0.1, -0.05) is 38.5 Å². The van der Waals surface area contributed by atoms with E-state index in [0.717, 1.165) is 11.1 Å². The molecule has 0 aliphatic heterocycles. The van der Waals surface area contributed by atoms with Crippen LogP contribution in [-0.4, -0.2) is 0 Å². The van der Waals surface area contributed by atoms with Crippen LogP contribution in [0.3, 0.4) is 0 Å². The summed E-state index contributed by atoms with van der Waals surface area (Å²) in [7, 11) is 0. The van der Waals surface area contributed by atoms with Gasteiger partial charge in [0.05, 0.1) is 0 Å². The highest BCUT2D eigenvalue weighted by atomic mass is 13.9. The molecule has 0 rings (SSSR count). The van der Waals surface area contributed by atoms with Crippen LogP contribution in [0.25, 0.3) is 0 Å². The molecule has 0 spiro atoms. The van der Waals surface area contributed by atoms with Crippen molar-refractivity contribution in [2.45, 2.75) is 0 Å². The van der Waals surface area contributed by atoms with Gasteiger partial charge < -0.3 is 0 Å². The van der Waals surface area contributed by atoms with E-state index in [-0.39, 0.29) is 0 Å². The molecule has 0 aromatic carbocycles. The molecular formula is C8H10. The lowest BCUT2D eigenvalue weighted by molar-refractivity contribution is 1.63. The zero-order valence-corrected chi connectivity index (χ0v) is 4.98. The highest BCUT2D eigenvalue weighted by Crippen LogP contribution is 2.04. The normalized spacial score (nSPS) is 7.50. The van der Waals surface area contributed by atoms with Crippen LogP contribution in [0.2, 0.25) is 0 Å². The van der Waals surface area contributed by atoms with E-state index < -0.39 is 0 Å². The van der Waals surface area contributed by atoms with Crippen LogP contribution in [0, 0.1) is 0 Å². The maximum atomic E-state index is 3.66. The summed E-state index contributed by atoms with van der Waals surface area (Å²) in [5.74, 6) is 0. The molecule has 42 valence electrons. The lowest BCUT2D eigenvalue weighted by Gasteiger charge is -1.93. The van der Waals surface area contributed by atoms with Gasteiger partial charge in [0.25, 0.3) is 0 Å². The fraction of sp³-hybridized carbons (Fsp3) is 0. The molecule has 0 N–H and O–H groups in total. The molecule has 0 heterocycles. The third-order valence-corrected chi connectivity index (χ3v) is 0.905. The van der Waals surface area contributed by atoms with Crippen LogP contribution in [-0.2, 0) is 0 Å². The number of allylic oxidation sites excluding steroid dienone is 4. The molecule has 0 bridgehead atoms. The van der Waals surface area contributed by atoms with Crippen LogP contribution < -0.4 is 0 Å². The molecule has 0 aromatic heterocycles. The van der Waals surface area contributed by atoms with Crippen molar-refractivity contribution in [2.75, 3.05) is 0 Å². The molecule has 0 heteroatoms. The van der Waals surface area contributed by atoms with Gasteiger partial charge in [0.1, 0.15) is 0 Å². The predicted octanol–water partition coefficient (Wildman–Crippen LogP) is 2.47. The molecule has 0 unspecified atom stereocenters. The summed E-state index contributed by atoms with van der Waals surface area (Å²) in [6, 6.07) is 0. The van der Waals surface area contributed by atoms with Crippen molar-refractivity contribution in [3.63, 3.8) is 0 Å². The Kier molecular flexibility index (Phi) is 2.63. The van der Waals surface area contributed by atoms with Crippen molar-refractivity contribution in [1.29, 1.82) is 0 Å². The monoisotopic (exact) mass is 106 g/mol. The summed E-state index contributed by atoms with van der Waals surface area (Å²) in [5, 5.41) is 0. The summed E-state index contributed by atoms with van der Waals surface area (Å²) < 4.78 is 0. The Balaban J connectivity index is 4.02. The minimum atomic E-state index is 0.833. The molecule has 0 nitrogen and oxygen atoms in total. The molecule has 0 atom stereocenters. The van der Waals surface area contributed by atoms with E-state index in [2.05, 4.69) is 26.3 Å². The zero-order valence-electron chi connectivity index (χ0n) is 4.98. The van der Waals surface area contributed by atoms with Crippen LogP contribution in [0.1, 0.15) is 0 Å². The Morgan fingerprint density at radius 1 is 0.875 bits per heavy atom. The van der Waals surface area contributed by atoms with Gasteiger partial charge in [-0.25, -0.2) is 0 Å². The third kappa shape index (κ3) is 1.61. The van der Waals surface area contributed by atoms with Crippen LogP contribution in [0.15, 0.2) is 49.6 Å². The molecule has 0 aliphatic carbocycles. The lowest BCUT2D eigenvalue weighted by atomic mass is 10.1. The van der Waals surface area contributed by atoms with Gasteiger partial charge in [0.2, 0.25) is 0 Å². The fourth-order valence-corrected chi connectivity index (χ4v) is 0.262. The van der Waals surface area contributed by atoms with Gasteiger partial charge in [-0.15, -0.1) is 0 Å². The molecule has 8 heavy (non-hydrogen) atoms. The Labute approximate surface area is 50.5 Å². The summed E-state index contributed by atoms with van der Waals surface area (Å²) in [6.07, 6.45) is 3.31. The van der Waals surface area contributed by atoms with Crippen molar-refractivity contribution in [2.24, 2.45) is 0 Å². The minimum Gasteiger partial charge on any atom is -0.0985 e. The van der Waals surface area contributed by atoms with Gasteiger partial charge in [-0.2, -0.15) is 0 Å². The third-order valence-electron chi connectivity index (χ3n) is 0.905. The maximum absolute atomic E-state index is 3.66. The second-order valence-corrected chi connectivity index (χ2v) is 1.46. The number of rotatable bonds is 3. The number of hydrogen-bond acceptors (Lipinski definition) is 0. The van der Waals surface area contributed by atoms with Crippen molar-refractivity contribution in [3.8, 4) is 0 Å². The minimum absolute atomic E-state index is 0.833. The molecule has 0 saturated carbocycles. The first-order chi connectivity index (χ1) is 3.72. The molecule has 0 amide bonds. The van der Waals surface area contributed by atoms with Gasteiger partial charge in [0.15, 0.2) is 0 Å².